The molecule has 118 valence electrons. The van der Waals surface area contributed by atoms with E-state index in [4.69, 9.17) is 9.84 Å². The van der Waals surface area contributed by atoms with Crippen LogP contribution < -0.4 is 0 Å². The number of hydrogen-bond acceptors (Lipinski definition) is 2. The second kappa shape index (κ2) is 10.1. The lowest BCUT2D eigenvalue weighted by Gasteiger charge is -2.19. The molecule has 2 rings (SSSR count). The van der Waals surface area contributed by atoms with Gasteiger partial charge in [-0.25, -0.2) is 0 Å². The van der Waals surface area contributed by atoms with Crippen molar-refractivity contribution in [1.82, 2.24) is 0 Å². The maximum Gasteiger partial charge on any atom is 0.108 e. The van der Waals surface area contributed by atoms with Crippen LogP contribution in [0, 0.1) is 0 Å². The van der Waals surface area contributed by atoms with Crippen LogP contribution in [0.1, 0.15) is 49.3 Å². The quantitative estimate of drug-likeness (QED) is 0.642. The molecular weight excluding hydrogens is 272 g/mol. The molecule has 2 nitrogen and oxygen atoms in total. The molecule has 0 atom stereocenters. The van der Waals surface area contributed by atoms with E-state index < -0.39 is 0 Å². The van der Waals surface area contributed by atoms with E-state index in [-0.39, 0.29) is 6.10 Å². The topological polar surface area (TPSA) is 29.5 Å². The zero-order chi connectivity index (χ0) is 15.5. The highest BCUT2D eigenvalue weighted by molar-refractivity contribution is 5.29. The van der Waals surface area contributed by atoms with Gasteiger partial charge in [-0.15, -0.1) is 0 Å². The lowest BCUT2D eigenvalue weighted by atomic mass is 10.0. The van der Waals surface area contributed by atoms with Gasteiger partial charge in [0.2, 0.25) is 0 Å². The van der Waals surface area contributed by atoms with E-state index in [0.29, 0.717) is 6.61 Å². The van der Waals surface area contributed by atoms with Crippen molar-refractivity contribution in [2.45, 2.75) is 38.2 Å². The van der Waals surface area contributed by atoms with Crippen LogP contribution in [0.25, 0.3) is 0 Å². The Balaban J connectivity index is 1.87. The predicted octanol–water partition coefficient (Wildman–Crippen LogP) is 4.74. The van der Waals surface area contributed by atoms with E-state index in [1.807, 2.05) is 12.1 Å². The van der Waals surface area contributed by atoms with Crippen LogP contribution >= 0.6 is 0 Å². The number of benzene rings is 2. The standard InChI is InChI=1S/C20H26O2/c21-16-10-2-1-3-11-17-22-20(18-12-6-4-7-13-18)19-14-8-5-9-15-19/h4-9,12-15,20-21H,1-3,10-11,16-17H2. The highest BCUT2D eigenvalue weighted by atomic mass is 16.5. The van der Waals surface area contributed by atoms with Crippen molar-refractivity contribution in [2.24, 2.45) is 0 Å². The van der Waals surface area contributed by atoms with E-state index in [2.05, 4.69) is 48.5 Å². The van der Waals surface area contributed by atoms with E-state index in [1.54, 1.807) is 0 Å². The Labute approximate surface area is 133 Å². The van der Waals surface area contributed by atoms with E-state index in [1.165, 1.54) is 17.5 Å². The maximum absolute atomic E-state index is 8.77. The first-order valence-corrected chi connectivity index (χ1v) is 8.24. The van der Waals surface area contributed by atoms with Gasteiger partial charge in [0.15, 0.2) is 0 Å². The van der Waals surface area contributed by atoms with Gasteiger partial charge in [0.25, 0.3) is 0 Å². The fraction of sp³-hybridized carbons (Fsp3) is 0.400. The van der Waals surface area contributed by atoms with Crippen LogP contribution in [-0.4, -0.2) is 18.3 Å². The summed E-state index contributed by atoms with van der Waals surface area (Å²) < 4.78 is 6.17. The molecule has 0 bridgehead atoms. The van der Waals surface area contributed by atoms with Crippen molar-refractivity contribution in [2.75, 3.05) is 13.2 Å². The summed E-state index contributed by atoms with van der Waals surface area (Å²) >= 11 is 0. The van der Waals surface area contributed by atoms with Crippen molar-refractivity contribution < 1.29 is 9.84 Å². The van der Waals surface area contributed by atoms with Crippen LogP contribution in [0.15, 0.2) is 60.7 Å². The van der Waals surface area contributed by atoms with Gasteiger partial charge in [-0.1, -0.05) is 79.9 Å². The van der Waals surface area contributed by atoms with Gasteiger partial charge >= 0.3 is 0 Å². The highest BCUT2D eigenvalue weighted by Crippen LogP contribution is 2.26. The fourth-order valence-electron chi connectivity index (χ4n) is 2.59. The Morgan fingerprint density at radius 3 is 1.73 bits per heavy atom. The zero-order valence-corrected chi connectivity index (χ0v) is 13.2. The van der Waals surface area contributed by atoms with Crippen LogP contribution in [0.5, 0.6) is 0 Å². The minimum Gasteiger partial charge on any atom is -0.396 e. The Morgan fingerprint density at radius 1 is 0.682 bits per heavy atom. The molecule has 0 saturated heterocycles. The van der Waals surface area contributed by atoms with Crippen LogP contribution in [0.4, 0.5) is 0 Å². The van der Waals surface area contributed by atoms with Crippen LogP contribution in [0.2, 0.25) is 0 Å². The summed E-state index contributed by atoms with van der Waals surface area (Å²) in [5, 5.41) is 8.77. The van der Waals surface area contributed by atoms with Gasteiger partial charge in [0.05, 0.1) is 0 Å². The molecular formula is C20H26O2. The Hall–Kier alpha value is -1.64. The Kier molecular flexibility index (Phi) is 7.71. The summed E-state index contributed by atoms with van der Waals surface area (Å²) in [6.07, 6.45) is 5.44. The minimum atomic E-state index is 0.0137. The number of unbranched alkanes of at least 4 members (excludes halogenated alkanes) is 4. The van der Waals surface area contributed by atoms with Gasteiger partial charge in [-0.2, -0.15) is 0 Å². The first kappa shape index (κ1) is 16.7. The summed E-state index contributed by atoms with van der Waals surface area (Å²) in [6, 6.07) is 20.8. The van der Waals surface area contributed by atoms with Crippen LogP contribution in [0.3, 0.4) is 0 Å². The first-order chi connectivity index (χ1) is 10.9. The molecule has 0 unspecified atom stereocenters. The molecule has 0 fully saturated rings. The molecule has 2 aromatic carbocycles. The third kappa shape index (κ3) is 5.63. The summed E-state index contributed by atoms with van der Waals surface area (Å²) in [5.74, 6) is 0. The number of aliphatic hydroxyl groups excluding tert-OH is 1. The molecule has 0 amide bonds. The number of hydrogen-bond donors (Lipinski definition) is 1. The molecule has 0 aliphatic carbocycles. The molecule has 22 heavy (non-hydrogen) atoms. The predicted molar refractivity (Wildman–Crippen MR) is 90.8 cm³/mol. The molecule has 0 saturated carbocycles. The minimum absolute atomic E-state index is 0.0137. The van der Waals surface area contributed by atoms with Crippen molar-refractivity contribution in [3.05, 3.63) is 71.8 Å². The van der Waals surface area contributed by atoms with Gasteiger partial charge < -0.3 is 9.84 Å². The van der Waals surface area contributed by atoms with Gasteiger partial charge in [0, 0.05) is 13.2 Å². The monoisotopic (exact) mass is 298 g/mol. The van der Waals surface area contributed by atoms with E-state index in [0.717, 1.165) is 32.3 Å². The van der Waals surface area contributed by atoms with Crippen molar-refractivity contribution in [3.63, 3.8) is 0 Å². The summed E-state index contributed by atoms with van der Waals surface area (Å²) in [6.45, 7) is 1.08. The van der Waals surface area contributed by atoms with Gasteiger partial charge in [-0.3, -0.25) is 0 Å². The molecule has 0 aliphatic heterocycles. The summed E-state index contributed by atoms with van der Waals surface area (Å²) in [7, 11) is 0. The third-order valence-electron chi connectivity index (χ3n) is 3.79. The zero-order valence-electron chi connectivity index (χ0n) is 13.2. The highest BCUT2D eigenvalue weighted by Gasteiger charge is 2.13. The summed E-state index contributed by atoms with van der Waals surface area (Å²) in [5.41, 5.74) is 2.41. The largest absolute Gasteiger partial charge is 0.396 e. The van der Waals surface area contributed by atoms with Gasteiger partial charge in [-0.05, 0) is 24.0 Å². The first-order valence-electron chi connectivity index (χ1n) is 8.24. The van der Waals surface area contributed by atoms with Crippen molar-refractivity contribution in [3.8, 4) is 0 Å². The third-order valence-corrected chi connectivity index (χ3v) is 3.79. The molecule has 1 N–H and O–H groups in total. The second-order valence-electron chi connectivity index (χ2n) is 5.56. The van der Waals surface area contributed by atoms with Crippen molar-refractivity contribution >= 4 is 0 Å². The fourth-order valence-corrected chi connectivity index (χ4v) is 2.59. The SMILES string of the molecule is OCCCCCCCOC(c1ccccc1)c1ccccc1. The average molecular weight is 298 g/mol. The summed E-state index contributed by atoms with van der Waals surface area (Å²) in [4.78, 5) is 0. The molecule has 0 radical (unpaired) electrons. The molecule has 2 aromatic rings. The van der Waals surface area contributed by atoms with Crippen molar-refractivity contribution in [1.29, 1.82) is 0 Å². The molecule has 0 heterocycles. The van der Waals surface area contributed by atoms with Crippen LogP contribution in [-0.2, 0) is 4.74 Å². The normalized spacial score (nSPS) is 11.0. The Morgan fingerprint density at radius 2 is 1.18 bits per heavy atom. The smallest absolute Gasteiger partial charge is 0.108 e. The Bertz CT molecular complexity index is 456. The van der Waals surface area contributed by atoms with Gasteiger partial charge in [0.1, 0.15) is 6.10 Å². The van der Waals surface area contributed by atoms with E-state index >= 15 is 0 Å². The lowest BCUT2D eigenvalue weighted by Crippen LogP contribution is -2.07. The lowest BCUT2D eigenvalue weighted by molar-refractivity contribution is 0.0767. The van der Waals surface area contributed by atoms with E-state index in [9.17, 15) is 0 Å². The number of ether oxygens (including phenoxy) is 1. The molecule has 0 aliphatic rings. The second-order valence-corrected chi connectivity index (χ2v) is 5.56. The maximum atomic E-state index is 8.77. The average Bonchev–Trinajstić information content (AvgIpc) is 2.59. The molecule has 0 spiro atoms. The molecule has 0 aromatic heterocycles. The number of aliphatic hydroxyl groups is 1. The molecule has 2 heteroatoms. The number of rotatable bonds is 10.